The lowest BCUT2D eigenvalue weighted by Crippen LogP contribution is -2.63. The summed E-state index contributed by atoms with van der Waals surface area (Å²) in [5.41, 5.74) is 0.286. The highest BCUT2D eigenvalue weighted by atomic mass is 16.5. The zero-order chi connectivity index (χ0) is 12.2. The highest BCUT2D eigenvalue weighted by molar-refractivity contribution is 4.94. The van der Waals surface area contributed by atoms with E-state index in [4.69, 9.17) is 4.74 Å². The van der Waals surface area contributed by atoms with Crippen LogP contribution in [0.3, 0.4) is 0 Å². The number of piperazine rings is 1. The highest BCUT2D eigenvalue weighted by Crippen LogP contribution is 2.21. The predicted molar refractivity (Wildman–Crippen MR) is 68.8 cm³/mol. The molecule has 96 valence electrons. The van der Waals surface area contributed by atoms with Gasteiger partial charge < -0.3 is 10.1 Å². The Balaban J connectivity index is 2.55. The van der Waals surface area contributed by atoms with E-state index < -0.39 is 0 Å². The number of methoxy groups -OCH3 is 1. The Morgan fingerprint density at radius 2 is 2.25 bits per heavy atom. The first-order valence-electron chi connectivity index (χ1n) is 6.52. The zero-order valence-electron chi connectivity index (χ0n) is 11.5. The second kappa shape index (κ2) is 5.99. The van der Waals surface area contributed by atoms with Crippen LogP contribution in [0.25, 0.3) is 0 Å². The van der Waals surface area contributed by atoms with Crippen molar-refractivity contribution in [1.82, 2.24) is 10.2 Å². The molecule has 0 radical (unpaired) electrons. The largest absolute Gasteiger partial charge is 0.385 e. The molecule has 0 aromatic carbocycles. The van der Waals surface area contributed by atoms with Crippen LogP contribution in [0, 0.1) is 0 Å². The minimum Gasteiger partial charge on any atom is -0.385 e. The van der Waals surface area contributed by atoms with Crippen LogP contribution in [0.2, 0.25) is 0 Å². The molecule has 16 heavy (non-hydrogen) atoms. The van der Waals surface area contributed by atoms with Crippen molar-refractivity contribution in [3.05, 3.63) is 0 Å². The summed E-state index contributed by atoms with van der Waals surface area (Å²) >= 11 is 0. The standard InChI is InChI=1S/C13H28N2O/c1-6-13(4)10-15(12(3)9-14-13)11(2)7-8-16-5/h11-12,14H,6-10H2,1-5H3. The van der Waals surface area contributed by atoms with E-state index >= 15 is 0 Å². The predicted octanol–water partition coefficient (Wildman–Crippen LogP) is 1.87. The summed E-state index contributed by atoms with van der Waals surface area (Å²) in [6.07, 6.45) is 2.31. The molecular formula is C13H28N2O. The van der Waals surface area contributed by atoms with E-state index in [1.165, 1.54) is 6.42 Å². The van der Waals surface area contributed by atoms with E-state index in [1.807, 2.05) is 0 Å². The van der Waals surface area contributed by atoms with Crippen molar-refractivity contribution in [2.75, 3.05) is 26.8 Å². The van der Waals surface area contributed by atoms with E-state index in [-0.39, 0.29) is 5.54 Å². The number of nitrogens with one attached hydrogen (secondary N) is 1. The summed E-state index contributed by atoms with van der Waals surface area (Å²) in [5, 5.41) is 3.66. The number of ether oxygens (including phenoxy) is 1. The number of rotatable bonds is 5. The molecule has 0 bridgehead atoms. The summed E-state index contributed by atoms with van der Waals surface area (Å²) in [4.78, 5) is 2.62. The Hall–Kier alpha value is -0.120. The van der Waals surface area contributed by atoms with Gasteiger partial charge >= 0.3 is 0 Å². The number of hydrogen-bond acceptors (Lipinski definition) is 3. The van der Waals surface area contributed by atoms with Crippen molar-refractivity contribution < 1.29 is 4.74 Å². The molecule has 1 fully saturated rings. The summed E-state index contributed by atoms with van der Waals surface area (Å²) in [7, 11) is 1.78. The second-order valence-corrected chi connectivity index (χ2v) is 5.45. The van der Waals surface area contributed by atoms with Gasteiger partial charge in [-0.15, -0.1) is 0 Å². The molecule has 0 aromatic rings. The van der Waals surface area contributed by atoms with Gasteiger partial charge in [-0.3, -0.25) is 4.90 Å². The van der Waals surface area contributed by atoms with E-state index in [0.29, 0.717) is 12.1 Å². The van der Waals surface area contributed by atoms with Gasteiger partial charge in [0.05, 0.1) is 0 Å². The lowest BCUT2D eigenvalue weighted by atomic mass is 9.92. The van der Waals surface area contributed by atoms with Crippen molar-refractivity contribution >= 4 is 0 Å². The summed E-state index contributed by atoms with van der Waals surface area (Å²) in [6, 6.07) is 1.24. The van der Waals surface area contributed by atoms with Crippen LogP contribution in [-0.2, 0) is 4.74 Å². The summed E-state index contributed by atoms with van der Waals surface area (Å²) in [5.74, 6) is 0. The van der Waals surface area contributed by atoms with Crippen molar-refractivity contribution in [2.24, 2.45) is 0 Å². The molecule has 0 saturated carbocycles. The maximum Gasteiger partial charge on any atom is 0.0477 e. The minimum atomic E-state index is 0.286. The lowest BCUT2D eigenvalue weighted by Gasteiger charge is -2.47. The number of nitrogens with zero attached hydrogens (tertiary/aromatic N) is 1. The summed E-state index contributed by atoms with van der Waals surface area (Å²) < 4.78 is 5.17. The maximum absolute atomic E-state index is 5.17. The highest BCUT2D eigenvalue weighted by Gasteiger charge is 2.34. The zero-order valence-corrected chi connectivity index (χ0v) is 11.5. The van der Waals surface area contributed by atoms with E-state index in [0.717, 1.165) is 26.1 Å². The fourth-order valence-electron chi connectivity index (χ4n) is 2.41. The average molecular weight is 228 g/mol. The van der Waals surface area contributed by atoms with E-state index in [9.17, 15) is 0 Å². The van der Waals surface area contributed by atoms with Crippen molar-refractivity contribution in [3.8, 4) is 0 Å². The van der Waals surface area contributed by atoms with Gasteiger partial charge in [-0.05, 0) is 33.6 Å². The molecule has 0 amide bonds. The Labute approximate surface area is 101 Å². The Kier molecular flexibility index (Phi) is 5.22. The minimum absolute atomic E-state index is 0.286. The molecule has 3 nitrogen and oxygen atoms in total. The molecule has 0 aliphatic carbocycles. The maximum atomic E-state index is 5.17. The van der Waals surface area contributed by atoms with Gasteiger partial charge in [0.1, 0.15) is 0 Å². The van der Waals surface area contributed by atoms with Crippen LogP contribution in [0.15, 0.2) is 0 Å². The van der Waals surface area contributed by atoms with E-state index in [1.54, 1.807) is 7.11 Å². The second-order valence-electron chi connectivity index (χ2n) is 5.45. The van der Waals surface area contributed by atoms with Gasteiger partial charge in [0, 0.05) is 44.4 Å². The molecule has 3 unspecified atom stereocenters. The normalized spacial score (nSPS) is 33.9. The van der Waals surface area contributed by atoms with Gasteiger partial charge in [-0.25, -0.2) is 0 Å². The molecule has 1 heterocycles. The summed E-state index contributed by atoms with van der Waals surface area (Å²) in [6.45, 7) is 12.3. The first kappa shape index (κ1) is 13.9. The first-order valence-corrected chi connectivity index (χ1v) is 6.52. The van der Waals surface area contributed by atoms with Crippen LogP contribution in [0.5, 0.6) is 0 Å². The fourth-order valence-corrected chi connectivity index (χ4v) is 2.41. The van der Waals surface area contributed by atoms with Gasteiger partial charge in [0.15, 0.2) is 0 Å². The van der Waals surface area contributed by atoms with Crippen molar-refractivity contribution in [3.63, 3.8) is 0 Å². The topological polar surface area (TPSA) is 24.5 Å². The molecule has 3 atom stereocenters. The molecule has 1 saturated heterocycles. The number of hydrogen-bond donors (Lipinski definition) is 1. The molecule has 3 heteroatoms. The Bertz CT molecular complexity index is 210. The molecular weight excluding hydrogens is 200 g/mol. The van der Waals surface area contributed by atoms with Crippen molar-refractivity contribution in [1.29, 1.82) is 0 Å². The van der Waals surface area contributed by atoms with Gasteiger partial charge in [-0.1, -0.05) is 6.92 Å². The van der Waals surface area contributed by atoms with Crippen LogP contribution in [-0.4, -0.2) is 49.3 Å². The third kappa shape index (κ3) is 3.44. The van der Waals surface area contributed by atoms with Gasteiger partial charge in [0.2, 0.25) is 0 Å². The molecule has 0 aromatic heterocycles. The van der Waals surface area contributed by atoms with Crippen LogP contribution in [0.1, 0.15) is 40.5 Å². The van der Waals surface area contributed by atoms with Gasteiger partial charge in [0.25, 0.3) is 0 Å². The molecule has 1 aliphatic heterocycles. The quantitative estimate of drug-likeness (QED) is 0.777. The average Bonchev–Trinajstić information content (AvgIpc) is 2.29. The van der Waals surface area contributed by atoms with Crippen LogP contribution in [0.4, 0.5) is 0 Å². The van der Waals surface area contributed by atoms with Crippen LogP contribution >= 0.6 is 0 Å². The molecule has 0 spiro atoms. The third-order valence-electron chi connectivity index (χ3n) is 4.01. The molecule has 1 N–H and O–H groups in total. The van der Waals surface area contributed by atoms with Crippen LogP contribution < -0.4 is 5.32 Å². The third-order valence-corrected chi connectivity index (χ3v) is 4.01. The monoisotopic (exact) mass is 228 g/mol. The molecule has 1 aliphatic rings. The molecule has 1 rings (SSSR count). The SMILES string of the molecule is CCC1(C)CN(C(C)CCOC)C(C)CN1. The lowest BCUT2D eigenvalue weighted by molar-refractivity contribution is 0.0455. The van der Waals surface area contributed by atoms with Gasteiger partial charge in [-0.2, -0.15) is 0 Å². The fraction of sp³-hybridized carbons (Fsp3) is 1.00. The Morgan fingerprint density at radius 3 is 2.81 bits per heavy atom. The smallest absolute Gasteiger partial charge is 0.0477 e. The first-order chi connectivity index (χ1) is 7.52. The van der Waals surface area contributed by atoms with E-state index in [2.05, 4.69) is 37.9 Å². The Morgan fingerprint density at radius 1 is 1.56 bits per heavy atom. The van der Waals surface area contributed by atoms with Crippen molar-refractivity contribution in [2.45, 2.75) is 58.2 Å².